The molecule has 1 aliphatic carbocycles. The molecule has 4 aromatic rings. The minimum Gasteiger partial charge on any atom is -0.493 e. The van der Waals surface area contributed by atoms with Crippen LogP contribution in [0, 0.1) is 0 Å². The maximum absolute atomic E-state index is 12.7. The fourth-order valence-corrected chi connectivity index (χ4v) is 5.78. The fraction of sp³-hybridized carbons (Fsp3) is 0.361. The van der Waals surface area contributed by atoms with Crippen molar-refractivity contribution < 1.29 is 14.3 Å². The van der Waals surface area contributed by atoms with Gasteiger partial charge in [0.1, 0.15) is 0 Å². The first-order chi connectivity index (χ1) is 21.4. The molecule has 0 aliphatic heterocycles. The molecule has 0 radical (unpaired) electrons. The first kappa shape index (κ1) is 31.0. The number of rotatable bonds is 14. The number of unbranched alkanes of at least 4 members (excludes halogenated alkanes) is 1. The van der Waals surface area contributed by atoms with E-state index in [1.54, 1.807) is 14.2 Å². The second kappa shape index (κ2) is 14.8. The molecule has 1 amide bonds. The number of hydrogen-bond acceptors (Lipinski definition) is 7. The predicted molar refractivity (Wildman–Crippen MR) is 177 cm³/mol. The van der Waals surface area contributed by atoms with Gasteiger partial charge in [0.15, 0.2) is 11.5 Å². The van der Waals surface area contributed by atoms with Crippen LogP contribution < -0.4 is 20.1 Å². The Labute approximate surface area is 260 Å². The highest BCUT2D eigenvalue weighted by Gasteiger charge is 2.27. The Morgan fingerprint density at radius 3 is 2.52 bits per heavy atom. The molecule has 230 valence electrons. The smallest absolute Gasteiger partial charge is 0.224 e. The summed E-state index contributed by atoms with van der Waals surface area (Å²) in [5, 5.41) is 6.47. The molecule has 0 spiro atoms. The molecule has 1 atom stereocenters. The van der Waals surface area contributed by atoms with E-state index in [2.05, 4.69) is 71.0 Å². The van der Waals surface area contributed by atoms with Crippen LogP contribution in [-0.2, 0) is 17.6 Å². The molecule has 1 aliphatic rings. The molecule has 0 saturated carbocycles. The topological polar surface area (TPSA) is 88.6 Å². The minimum absolute atomic E-state index is 0.00873. The number of nitrogens with zero attached hydrogens (tertiary/aromatic N) is 3. The summed E-state index contributed by atoms with van der Waals surface area (Å²) in [5.74, 6) is 2.29. The average Bonchev–Trinajstić information content (AvgIpc) is 3.04. The maximum atomic E-state index is 12.7. The Bertz CT molecular complexity index is 1550. The fourth-order valence-electron chi connectivity index (χ4n) is 5.78. The van der Waals surface area contributed by atoms with Crippen molar-refractivity contribution in [3.63, 3.8) is 0 Å². The number of carbonyl (C=O) groups is 1. The van der Waals surface area contributed by atoms with Crippen molar-refractivity contribution in [2.24, 2.45) is 0 Å². The van der Waals surface area contributed by atoms with Crippen LogP contribution in [0.2, 0.25) is 0 Å². The molecule has 1 aromatic heterocycles. The van der Waals surface area contributed by atoms with Crippen molar-refractivity contribution >= 4 is 17.5 Å². The van der Waals surface area contributed by atoms with E-state index < -0.39 is 0 Å². The van der Waals surface area contributed by atoms with Crippen LogP contribution >= 0.6 is 0 Å². The van der Waals surface area contributed by atoms with Crippen molar-refractivity contribution in [2.45, 2.75) is 44.4 Å². The Kier molecular flexibility index (Phi) is 10.5. The standard InChI is InChI=1S/C36H43N5O3/c1-41(2)21-8-7-20-37-36-38-24-27-23-31(29-11-5-6-12-30(29)35(27)40-36)26-15-17-28(18-16-26)39-34(42)13-9-10-25-14-19-32(43-3)33(22-25)44-4/h5-6,11-12,14-19,22,24,31H,7-10,13,20-21,23H2,1-4H3,(H,39,42)(H,37,38,40). The molecule has 8 nitrogen and oxygen atoms in total. The van der Waals surface area contributed by atoms with Gasteiger partial charge in [0, 0.05) is 36.3 Å². The van der Waals surface area contributed by atoms with E-state index in [1.165, 1.54) is 11.1 Å². The van der Waals surface area contributed by atoms with E-state index in [9.17, 15) is 4.79 Å². The summed E-state index contributed by atoms with van der Waals surface area (Å²) in [7, 11) is 7.45. The van der Waals surface area contributed by atoms with Crippen LogP contribution in [0.4, 0.5) is 11.6 Å². The van der Waals surface area contributed by atoms with E-state index in [1.807, 2.05) is 36.5 Å². The van der Waals surface area contributed by atoms with Crippen LogP contribution in [0.5, 0.6) is 11.5 Å². The average molecular weight is 594 g/mol. The number of hydrogen-bond donors (Lipinski definition) is 2. The van der Waals surface area contributed by atoms with Gasteiger partial charge in [0.05, 0.1) is 19.9 Å². The van der Waals surface area contributed by atoms with Gasteiger partial charge in [0.25, 0.3) is 0 Å². The minimum atomic E-state index is 0.00873. The van der Waals surface area contributed by atoms with Gasteiger partial charge in [0.2, 0.25) is 11.9 Å². The van der Waals surface area contributed by atoms with Crippen molar-refractivity contribution in [3.8, 4) is 22.8 Å². The lowest BCUT2D eigenvalue weighted by atomic mass is 9.78. The first-order valence-electron chi connectivity index (χ1n) is 15.4. The highest BCUT2D eigenvalue weighted by molar-refractivity contribution is 5.90. The van der Waals surface area contributed by atoms with Gasteiger partial charge in [-0.15, -0.1) is 0 Å². The van der Waals surface area contributed by atoms with Gasteiger partial charge in [-0.05, 0) is 99.3 Å². The van der Waals surface area contributed by atoms with E-state index in [4.69, 9.17) is 14.5 Å². The molecule has 0 fully saturated rings. The van der Waals surface area contributed by atoms with E-state index in [0.717, 1.165) is 73.3 Å². The second-order valence-electron chi connectivity index (χ2n) is 11.6. The summed E-state index contributed by atoms with van der Waals surface area (Å²) in [6, 6.07) is 22.6. The van der Waals surface area contributed by atoms with Crippen molar-refractivity contribution in [2.75, 3.05) is 52.0 Å². The number of aryl methyl sites for hydroxylation is 1. The maximum Gasteiger partial charge on any atom is 0.224 e. The molecule has 2 N–H and O–H groups in total. The van der Waals surface area contributed by atoms with E-state index in [0.29, 0.717) is 23.9 Å². The first-order valence-corrected chi connectivity index (χ1v) is 15.4. The number of aromatic nitrogens is 2. The zero-order chi connectivity index (χ0) is 30.9. The third-order valence-electron chi connectivity index (χ3n) is 8.11. The van der Waals surface area contributed by atoms with Crippen LogP contribution in [-0.4, -0.2) is 62.2 Å². The lowest BCUT2D eigenvalue weighted by Crippen LogP contribution is -2.17. The van der Waals surface area contributed by atoms with Crippen LogP contribution in [0.3, 0.4) is 0 Å². The number of fused-ring (bicyclic) bond motifs is 3. The number of anilines is 2. The van der Waals surface area contributed by atoms with Gasteiger partial charge >= 0.3 is 0 Å². The van der Waals surface area contributed by atoms with Gasteiger partial charge in [-0.1, -0.05) is 42.5 Å². The lowest BCUT2D eigenvalue weighted by Gasteiger charge is -2.27. The van der Waals surface area contributed by atoms with Crippen LogP contribution in [0.1, 0.15) is 53.9 Å². The van der Waals surface area contributed by atoms with Crippen LogP contribution in [0.15, 0.2) is 72.9 Å². The largest absolute Gasteiger partial charge is 0.493 e. The molecule has 3 aromatic carbocycles. The van der Waals surface area contributed by atoms with Crippen LogP contribution in [0.25, 0.3) is 11.3 Å². The van der Waals surface area contributed by atoms with Crippen molar-refractivity contribution in [1.29, 1.82) is 0 Å². The number of methoxy groups -OCH3 is 2. The molecule has 1 unspecified atom stereocenters. The normalized spacial score (nSPS) is 13.6. The quantitative estimate of drug-likeness (QED) is 0.160. The summed E-state index contributed by atoms with van der Waals surface area (Å²) in [6.07, 6.45) is 6.99. The Hall–Kier alpha value is -4.43. The lowest BCUT2D eigenvalue weighted by molar-refractivity contribution is -0.116. The zero-order valence-corrected chi connectivity index (χ0v) is 26.2. The molecule has 0 bridgehead atoms. The van der Waals surface area contributed by atoms with Gasteiger partial charge < -0.3 is 25.0 Å². The van der Waals surface area contributed by atoms with Gasteiger partial charge in [-0.3, -0.25) is 4.79 Å². The summed E-state index contributed by atoms with van der Waals surface area (Å²) >= 11 is 0. The number of benzene rings is 3. The molecular formula is C36H43N5O3. The number of carbonyl (C=O) groups excluding carboxylic acids is 1. The monoisotopic (exact) mass is 593 g/mol. The molecule has 5 rings (SSSR count). The SMILES string of the molecule is COc1ccc(CCCC(=O)Nc2ccc(C3Cc4cnc(NCCCCN(C)C)nc4-c4ccccc43)cc2)cc1OC. The second-order valence-corrected chi connectivity index (χ2v) is 11.6. The molecule has 8 heteroatoms. The molecule has 0 saturated heterocycles. The van der Waals surface area contributed by atoms with Crippen molar-refractivity contribution in [3.05, 3.63) is 95.2 Å². The third-order valence-corrected chi connectivity index (χ3v) is 8.11. The molecule has 1 heterocycles. The number of nitrogens with one attached hydrogen (secondary N) is 2. The zero-order valence-electron chi connectivity index (χ0n) is 26.2. The third kappa shape index (κ3) is 7.74. The summed E-state index contributed by atoms with van der Waals surface area (Å²) in [6.45, 7) is 1.94. The molecule has 44 heavy (non-hydrogen) atoms. The highest BCUT2D eigenvalue weighted by atomic mass is 16.5. The molecular weight excluding hydrogens is 550 g/mol. The highest BCUT2D eigenvalue weighted by Crippen LogP contribution is 2.42. The predicted octanol–water partition coefficient (Wildman–Crippen LogP) is 6.56. The summed E-state index contributed by atoms with van der Waals surface area (Å²) < 4.78 is 10.7. The summed E-state index contributed by atoms with van der Waals surface area (Å²) in [5.41, 5.74) is 7.71. The Balaban J connectivity index is 1.18. The van der Waals surface area contributed by atoms with E-state index >= 15 is 0 Å². The summed E-state index contributed by atoms with van der Waals surface area (Å²) in [4.78, 5) is 24.5. The number of amides is 1. The van der Waals surface area contributed by atoms with Gasteiger partial charge in [-0.2, -0.15) is 0 Å². The number of ether oxygens (including phenoxy) is 2. The van der Waals surface area contributed by atoms with Gasteiger partial charge in [-0.25, -0.2) is 9.97 Å². The Morgan fingerprint density at radius 2 is 1.75 bits per heavy atom. The van der Waals surface area contributed by atoms with Crippen molar-refractivity contribution in [1.82, 2.24) is 14.9 Å². The Morgan fingerprint density at radius 1 is 0.955 bits per heavy atom. The van der Waals surface area contributed by atoms with E-state index in [-0.39, 0.29) is 11.8 Å².